The number of hydrogen-bond acceptors (Lipinski definition) is 4. The Hall–Kier alpha value is -1.92. The smallest absolute Gasteiger partial charge is 0.239 e. The van der Waals surface area contributed by atoms with Crippen molar-refractivity contribution in [3.05, 3.63) is 35.9 Å². The number of nitrogens with zero attached hydrogens (tertiary/aromatic N) is 3. The Kier molecular flexibility index (Phi) is 6.82. The summed E-state index contributed by atoms with van der Waals surface area (Å²) in [6, 6.07) is 11.3. The summed E-state index contributed by atoms with van der Waals surface area (Å²) in [5, 5.41) is 2.81. The maximum absolute atomic E-state index is 12.9. The van der Waals surface area contributed by atoms with Gasteiger partial charge in [0.1, 0.15) is 0 Å². The number of hydrogen-bond donors (Lipinski definition) is 1. The number of likely N-dealkylation sites (tertiary alicyclic amines) is 2. The van der Waals surface area contributed by atoms with Crippen molar-refractivity contribution in [2.24, 2.45) is 5.92 Å². The van der Waals surface area contributed by atoms with E-state index in [1.165, 1.54) is 18.4 Å². The summed E-state index contributed by atoms with van der Waals surface area (Å²) in [4.78, 5) is 31.4. The molecule has 29 heavy (non-hydrogen) atoms. The zero-order chi connectivity index (χ0) is 20.1. The van der Waals surface area contributed by atoms with E-state index in [0.29, 0.717) is 19.1 Å². The van der Waals surface area contributed by atoms with Gasteiger partial charge in [-0.05, 0) is 57.3 Å². The summed E-state index contributed by atoms with van der Waals surface area (Å²) >= 11 is 0. The van der Waals surface area contributed by atoms with Crippen LogP contribution in [0.1, 0.15) is 31.2 Å². The highest BCUT2D eigenvalue weighted by molar-refractivity contribution is 5.87. The van der Waals surface area contributed by atoms with Gasteiger partial charge in [-0.2, -0.15) is 0 Å². The van der Waals surface area contributed by atoms with E-state index in [4.69, 9.17) is 0 Å². The number of carbonyl (C=O) groups excluding carboxylic acids is 2. The second-order valence-corrected chi connectivity index (χ2v) is 8.75. The van der Waals surface area contributed by atoms with Crippen LogP contribution in [-0.4, -0.2) is 84.9 Å². The fourth-order valence-corrected chi connectivity index (χ4v) is 5.06. The SMILES string of the molecule is O=C1CN(C(=O)C2CCCN(C3CCN(CCc4ccccc4)CC3)C2)CCN1. The number of amides is 2. The summed E-state index contributed by atoms with van der Waals surface area (Å²) in [5.41, 5.74) is 1.42. The third-order valence-electron chi connectivity index (χ3n) is 6.79. The van der Waals surface area contributed by atoms with Crippen molar-refractivity contribution < 1.29 is 9.59 Å². The van der Waals surface area contributed by atoms with Gasteiger partial charge in [-0.1, -0.05) is 30.3 Å². The number of benzene rings is 1. The standard InChI is InChI=1S/C23H34N4O2/c28-22-18-27(16-11-24-22)23(29)20-7-4-12-26(17-20)21-9-14-25(15-10-21)13-8-19-5-2-1-3-6-19/h1-3,5-6,20-21H,4,7-18H2,(H,24,28). The molecular formula is C23H34N4O2. The molecule has 6 heteroatoms. The molecule has 158 valence electrons. The highest BCUT2D eigenvalue weighted by Crippen LogP contribution is 2.25. The molecule has 0 saturated carbocycles. The first-order valence-corrected chi connectivity index (χ1v) is 11.2. The zero-order valence-corrected chi connectivity index (χ0v) is 17.4. The first-order valence-electron chi connectivity index (χ1n) is 11.2. The Balaban J connectivity index is 1.23. The monoisotopic (exact) mass is 398 g/mol. The topological polar surface area (TPSA) is 55.9 Å². The van der Waals surface area contributed by atoms with Crippen LogP contribution in [0.25, 0.3) is 0 Å². The van der Waals surface area contributed by atoms with Gasteiger partial charge in [0.25, 0.3) is 0 Å². The molecular weight excluding hydrogens is 364 g/mol. The molecule has 0 aliphatic carbocycles. The summed E-state index contributed by atoms with van der Waals surface area (Å²) < 4.78 is 0. The van der Waals surface area contributed by atoms with E-state index in [-0.39, 0.29) is 24.3 Å². The van der Waals surface area contributed by atoms with Gasteiger partial charge in [0.15, 0.2) is 0 Å². The lowest BCUT2D eigenvalue weighted by Crippen LogP contribution is -2.55. The van der Waals surface area contributed by atoms with Gasteiger partial charge in [0.05, 0.1) is 12.5 Å². The van der Waals surface area contributed by atoms with Gasteiger partial charge in [-0.15, -0.1) is 0 Å². The van der Waals surface area contributed by atoms with Crippen LogP contribution >= 0.6 is 0 Å². The molecule has 2 amide bonds. The Morgan fingerprint density at radius 3 is 2.59 bits per heavy atom. The first-order chi connectivity index (χ1) is 14.2. The van der Waals surface area contributed by atoms with E-state index in [1.54, 1.807) is 4.90 Å². The lowest BCUT2D eigenvalue weighted by molar-refractivity contribution is -0.143. The molecule has 1 N–H and O–H groups in total. The molecule has 1 unspecified atom stereocenters. The van der Waals surface area contributed by atoms with E-state index in [9.17, 15) is 9.59 Å². The lowest BCUT2D eigenvalue weighted by Gasteiger charge is -2.43. The van der Waals surface area contributed by atoms with Crippen LogP contribution in [0.3, 0.4) is 0 Å². The predicted molar refractivity (Wildman–Crippen MR) is 113 cm³/mol. The van der Waals surface area contributed by atoms with Gasteiger partial charge in [0, 0.05) is 32.2 Å². The molecule has 3 saturated heterocycles. The van der Waals surface area contributed by atoms with Crippen molar-refractivity contribution in [2.45, 2.75) is 38.1 Å². The fraction of sp³-hybridized carbons (Fsp3) is 0.652. The Bertz CT molecular complexity index is 687. The van der Waals surface area contributed by atoms with Crippen LogP contribution in [0.2, 0.25) is 0 Å². The van der Waals surface area contributed by atoms with E-state index < -0.39 is 0 Å². The van der Waals surface area contributed by atoms with Gasteiger partial charge < -0.3 is 15.1 Å². The van der Waals surface area contributed by atoms with Crippen molar-refractivity contribution in [1.82, 2.24) is 20.0 Å². The molecule has 0 radical (unpaired) electrons. The summed E-state index contributed by atoms with van der Waals surface area (Å²) in [7, 11) is 0. The van der Waals surface area contributed by atoms with Crippen LogP contribution in [0, 0.1) is 5.92 Å². The third kappa shape index (κ3) is 5.37. The predicted octanol–water partition coefficient (Wildman–Crippen LogP) is 1.36. The van der Waals surface area contributed by atoms with Crippen molar-refractivity contribution in [3.63, 3.8) is 0 Å². The summed E-state index contributed by atoms with van der Waals surface area (Å²) in [5.74, 6) is 0.218. The minimum atomic E-state index is -0.0276. The molecule has 3 heterocycles. The molecule has 0 aromatic heterocycles. The Labute approximate surface area is 174 Å². The maximum atomic E-state index is 12.9. The quantitative estimate of drug-likeness (QED) is 0.814. The van der Waals surface area contributed by atoms with E-state index in [1.807, 2.05) is 0 Å². The Morgan fingerprint density at radius 2 is 1.83 bits per heavy atom. The Morgan fingerprint density at radius 1 is 1.03 bits per heavy atom. The van der Waals surface area contributed by atoms with Gasteiger partial charge >= 0.3 is 0 Å². The van der Waals surface area contributed by atoms with Crippen LogP contribution < -0.4 is 5.32 Å². The second-order valence-electron chi connectivity index (χ2n) is 8.75. The molecule has 3 fully saturated rings. The van der Waals surface area contributed by atoms with E-state index >= 15 is 0 Å². The average Bonchev–Trinajstić information content (AvgIpc) is 2.78. The van der Waals surface area contributed by atoms with Crippen LogP contribution in [0.5, 0.6) is 0 Å². The van der Waals surface area contributed by atoms with E-state index in [2.05, 4.69) is 45.4 Å². The fourth-order valence-electron chi connectivity index (χ4n) is 5.06. The van der Waals surface area contributed by atoms with Crippen molar-refractivity contribution in [1.29, 1.82) is 0 Å². The third-order valence-corrected chi connectivity index (χ3v) is 6.79. The second kappa shape index (κ2) is 9.72. The molecule has 4 rings (SSSR count). The molecule has 3 aliphatic rings. The van der Waals surface area contributed by atoms with Crippen molar-refractivity contribution >= 4 is 11.8 Å². The van der Waals surface area contributed by atoms with Crippen LogP contribution in [0.15, 0.2) is 30.3 Å². The highest BCUT2D eigenvalue weighted by atomic mass is 16.2. The van der Waals surface area contributed by atoms with Crippen molar-refractivity contribution in [3.8, 4) is 0 Å². The maximum Gasteiger partial charge on any atom is 0.239 e. The molecule has 6 nitrogen and oxygen atoms in total. The van der Waals surface area contributed by atoms with Crippen molar-refractivity contribution in [2.75, 3.05) is 52.4 Å². The summed E-state index contributed by atoms with van der Waals surface area (Å²) in [6.45, 7) is 6.88. The lowest BCUT2D eigenvalue weighted by atomic mass is 9.92. The number of piperazine rings is 1. The number of rotatable bonds is 5. The van der Waals surface area contributed by atoms with E-state index in [0.717, 1.165) is 52.0 Å². The van der Waals surface area contributed by atoms with Crippen LogP contribution in [-0.2, 0) is 16.0 Å². The van der Waals surface area contributed by atoms with Crippen LogP contribution in [0.4, 0.5) is 0 Å². The molecule has 0 bridgehead atoms. The van der Waals surface area contributed by atoms with Gasteiger partial charge in [-0.3, -0.25) is 14.5 Å². The number of piperidine rings is 2. The molecule has 1 atom stereocenters. The highest BCUT2D eigenvalue weighted by Gasteiger charge is 2.34. The normalized spacial score (nSPS) is 25.0. The molecule has 1 aromatic carbocycles. The first kappa shape index (κ1) is 20.4. The van der Waals surface area contributed by atoms with Gasteiger partial charge in [-0.25, -0.2) is 0 Å². The number of carbonyl (C=O) groups is 2. The minimum absolute atomic E-state index is 0.0276. The summed E-state index contributed by atoms with van der Waals surface area (Å²) in [6.07, 6.45) is 5.56. The minimum Gasteiger partial charge on any atom is -0.353 e. The molecule has 3 aliphatic heterocycles. The molecule has 1 aromatic rings. The number of nitrogens with one attached hydrogen (secondary N) is 1. The zero-order valence-electron chi connectivity index (χ0n) is 17.4. The molecule has 0 spiro atoms. The average molecular weight is 399 g/mol. The van der Waals surface area contributed by atoms with Gasteiger partial charge in [0.2, 0.25) is 11.8 Å². The largest absolute Gasteiger partial charge is 0.353 e.